The molecule has 0 aromatic heterocycles. The van der Waals surface area contributed by atoms with Crippen LogP contribution in [0.3, 0.4) is 0 Å². The van der Waals surface area contributed by atoms with Gasteiger partial charge in [-0.2, -0.15) is 0 Å². The molecule has 0 bridgehead atoms. The van der Waals surface area contributed by atoms with Gasteiger partial charge in [0.1, 0.15) is 0 Å². The predicted octanol–water partition coefficient (Wildman–Crippen LogP) is 2.80. The fraction of sp³-hybridized carbons (Fsp3) is 0.778. The van der Waals surface area contributed by atoms with Crippen LogP contribution in [0, 0.1) is 5.92 Å². The topological polar surface area (TPSA) is 19.9 Å². The number of hydrogen-bond donors (Lipinski definition) is 0. The van der Waals surface area contributed by atoms with Crippen molar-refractivity contribution in [3.8, 4) is 0 Å². The third kappa shape index (κ3) is 3.67. The Morgan fingerprint density at radius 3 is 2.40 bits per heavy atom. The smallest absolute Gasteiger partial charge is 0.0955 e. The van der Waals surface area contributed by atoms with Crippen LogP contribution in [-0.2, 0) is 5.11 Å². The van der Waals surface area contributed by atoms with Crippen molar-refractivity contribution in [3.63, 3.8) is 0 Å². The molecule has 2 atom stereocenters. The molecule has 0 rings (SSSR count). The lowest BCUT2D eigenvalue weighted by Crippen LogP contribution is -2.14. The average molecular weight is 141 g/mol. The monoisotopic (exact) mass is 141 g/mol. The van der Waals surface area contributed by atoms with Crippen LogP contribution < -0.4 is 0 Å². The SMILES string of the molecule is C=C(C)CC(C)C([O])CC. The van der Waals surface area contributed by atoms with E-state index in [1.54, 1.807) is 0 Å². The normalized spacial score (nSPS) is 16.4. The quantitative estimate of drug-likeness (QED) is 0.536. The first-order valence-corrected chi connectivity index (χ1v) is 3.88. The maximum Gasteiger partial charge on any atom is 0.0955 e. The maximum absolute atomic E-state index is 11.1. The first-order valence-electron chi connectivity index (χ1n) is 3.88. The van der Waals surface area contributed by atoms with Crippen molar-refractivity contribution < 1.29 is 5.11 Å². The van der Waals surface area contributed by atoms with Crippen molar-refractivity contribution in [3.05, 3.63) is 12.2 Å². The lowest BCUT2D eigenvalue weighted by molar-refractivity contribution is 0.0403. The number of allylic oxidation sites excluding steroid dienone is 1. The molecule has 0 heterocycles. The lowest BCUT2D eigenvalue weighted by Gasteiger charge is -2.14. The van der Waals surface area contributed by atoms with Crippen LogP contribution in [0.5, 0.6) is 0 Å². The molecule has 0 saturated heterocycles. The van der Waals surface area contributed by atoms with Crippen LogP contribution in [0.1, 0.15) is 33.6 Å². The predicted molar refractivity (Wildman–Crippen MR) is 43.4 cm³/mol. The van der Waals surface area contributed by atoms with E-state index in [0.717, 1.165) is 18.4 Å². The Bertz CT molecular complexity index is 107. The van der Waals surface area contributed by atoms with Crippen molar-refractivity contribution >= 4 is 0 Å². The molecule has 1 nitrogen and oxygen atoms in total. The second-order valence-corrected chi connectivity index (χ2v) is 3.09. The molecule has 10 heavy (non-hydrogen) atoms. The standard InChI is InChI=1S/C9H17O/c1-5-9(10)8(4)6-7(2)3/h8-9H,2,5-6H2,1,3-4H3. The molecule has 0 aliphatic heterocycles. The van der Waals surface area contributed by atoms with Gasteiger partial charge in [-0.1, -0.05) is 19.4 Å². The van der Waals surface area contributed by atoms with E-state index in [9.17, 15) is 5.11 Å². The van der Waals surface area contributed by atoms with E-state index in [-0.39, 0.29) is 5.92 Å². The second-order valence-electron chi connectivity index (χ2n) is 3.09. The van der Waals surface area contributed by atoms with E-state index in [1.165, 1.54) is 0 Å². The summed E-state index contributed by atoms with van der Waals surface area (Å²) < 4.78 is 0. The molecule has 0 fully saturated rings. The summed E-state index contributed by atoms with van der Waals surface area (Å²) in [5.74, 6) is 0.252. The van der Waals surface area contributed by atoms with E-state index in [2.05, 4.69) is 6.58 Å². The zero-order valence-electron chi connectivity index (χ0n) is 7.18. The number of hydrogen-bond acceptors (Lipinski definition) is 0. The highest BCUT2D eigenvalue weighted by molar-refractivity contribution is 4.90. The summed E-state index contributed by atoms with van der Waals surface area (Å²) in [5, 5.41) is 11.1. The van der Waals surface area contributed by atoms with Gasteiger partial charge in [-0.3, -0.25) is 0 Å². The molecule has 0 aliphatic rings. The van der Waals surface area contributed by atoms with Crippen molar-refractivity contribution in [2.24, 2.45) is 5.92 Å². The summed E-state index contributed by atoms with van der Waals surface area (Å²) in [6.07, 6.45) is 1.20. The van der Waals surface area contributed by atoms with E-state index in [0.29, 0.717) is 0 Å². The Balaban J connectivity index is 3.61. The second kappa shape index (κ2) is 4.51. The Kier molecular flexibility index (Phi) is 4.37. The molecule has 2 unspecified atom stereocenters. The van der Waals surface area contributed by atoms with E-state index < -0.39 is 6.10 Å². The van der Waals surface area contributed by atoms with Gasteiger partial charge in [0.25, 0.3) is 0 Å². The highest BCUT2D eigenvalue weighted by atomic mass is 16.3. The summed E-state index contributed by atoms with van der Waals surface area (Å²) in [7, 11) is 0. The summed E-state index contributed by atoms with van der Waals surface area (Å²) in [6.45, 7) is 9.68. The van der Waals surface area contributed by atoms with E-state index >= 15 is 0 Å². The van der Waals surface area contributed by atoms with E-state index in [1.807, 2.05) is 20.8 Å². The van der Waals surface area contributed by atoms with Gasteiger partial charge in [0.05, 0.1) is 6.10 Å². The Morgan fingerprint density at radius 2 is 2.10 bits per heavy atom. The molecular formula is C9H17O. The molecule has 0 aromatic rings. The third-order valence-corrected chi connectivity index (χ3v) is 1.71. The minimum atomic E-state index is -0.406. The molecule has 0 N–H and O–H groups in total. The van der Waals surface area contributed by atoms with Gasteiger partial charge < -0.3 is 0 Å². The highest BCUT2D eigenvalue weighted by Crippen LogP contribution is 2.15. The Labute approximate surface area is 63.8 Å². The van der Waals surface area contributed by atoms with Crippen LogP contribution in [-0.4, -0.2) is 6.10 Å². The summed E-state index contributed by atoms with van der Waals surface area (Å²) >= 11 is 0. The maximum atomic E-state index is 11.1. The summed E-state index contributed by atoms with van der Waals surface area (Å²) in [6, 6.07) is 0. The average Bonchev–Trinajstić information content (AvgIpc) is 1.85. The molecule has 0 aliphatic carbocycles. The van der Waals surface area contributed by atoms with Gasteiger partial charge in [-0.25, -0.2) is 5.11 Å². The molecular weight excluding hydrogens is 124 g/mol. The van der Waals surface area contributed by atoms with Crippen LogP contribution in [0.25, 0.3) is 0 Å². The van der Waals surface area contributed by atoms with Gasteiger partial charge in [-0.15, -0.1) is 6.58 Å². The largest absolute Gasteiger partial charge is 0.233 e. The van der Waals surface area contributed by atoms with Crippen LogP contribution in [0.15, 0.2) is 12.2 Å². The molecule has 0 spiro atoms. The fourth-order valence-electron chi connectivity index (χ4n) is 1.08. The van der Waals surface area contributed by atoms with Gasteiger partial charge >= 0.3 is 0 Å². The molecule has 0 aromatic carbocycles. The van der Waals surface area contributed by atoms with Crippen LogP contribution in [0.4, 0.5) is 0 Å². The van der Waals surface area contributed by atoms with E-state index in [4.69, 9.17) is 0 Å². The summed E-state index contributed by atoms with van der Waals surface area (Å²) in [4.78, 5) is 0. The van der Waals surface area contributed by atoms with Gasteiger partial charge in [-0.05, 0) is 25.7 Å². The Morgan fingerprint density at radius 1 is 1.60 bits per heavy atom. The van der Waals surface area contributed by atoms with Crippen LogP contribution >= 0.6 is 0 Å². The third-order valence-electron chi connectivity index (χ3n) is 1.71. The molecule has 0 amide bonds. The molecule has 0 saturated carbocycles. The van der Waals surface area contributed by atoms with Crippen molar-refractivity contribution in [1.82, 2.24) is 0 Å². The lowest BCUT2D eigenvalue weighted by atomic mass is 9.96. The van der Waals surface area contributed by atoms with Gasteiger partial charge in [0.15, 0.2) is 0 Å². The molecule has 1 heteroatoms. The first kappa shape index (κ1) is 9.70. The minimum absolute atomic E-state index is 0.252. The summed E-state index contributed by atoms with van der Waals surface area (Å²) in [5.41, 5.74) is 1.11. The minimum Gasteiger partial charge on any atom is -0.233 e. The van der Waals surface area contributed by atoms with Crippen LogP contribution in [0.2, 0.25) is 0 Å². The molecule has 1 radical (unpaired) electrons. The Hall–Kier alpha value is -0.300. The zero-order chi connectivity index (χ0) is 8.15. The van der Waals surface area contributed by atoms with Crippen molar-refractivity contribution in [1.29, 1.82) is 0 Å². The van der Waals surface area contributed by atoms with Gasteiger partial charge in [0, 0.05) is 0 Å². The zero-order valence-corrected chi connectivity index (χ0v) is 7.18. The highest BCUT2D eigenvalue weighted by Gasteiger charge is 2.12. The first-order chi connectivity index (χ1) is 4.57. The van der Waals surface area contributed by atoms with Crippen molar-refractivity contribution in [2.45, 2.75) is 39.7 Å². The fourth-order valence-corrected chi connectivity index (χ4v) is 1.08. The number of rotatable bonds is 4. The van der Waals surface area contributed by atoms with Crippen molar-refractivity contribution in [2.75, 3.05) is 0 Å². The molecule has 59 valence electrons. The van der Waals surface area contributed by atoms with Gasteiger partial charge in [0.2, 0.25) is 0 Å².